The lowest BCUT2D eigenvalue weighted by atomic mass is 10.1. The predicted octanol–water partition coefficient (Wildman–Crippen LogP) is 5.63. The molecule has 0 saturated carbocycles. The highest BCUT2D eigenvalue weighted by atomic mass is 16.2. The fourth-order valence-electron chi connectivity index (χ4n) is 2.17. The van der Waals surface area contributed by atoms with Crippen molar-refractivity contribution in [3.8, 4) is 0 Å². The second-order valence-corrected chi connectivity index (χ2v) is 5.31. The van der Waals surface area contributed by atoms with Gasteiger partial charge in [-0.25, -0.2) is 0 Å². The van der Waals surface area contributed by atoms with Crippen molar-refractivity contribution in [2.24, 2.45) is 0 Å². The lowest BCUT2D eigenvalue weighted by Gasteiger charge is -2.01. The van der Waals surface area contributed by atoms with Gasteiger partial charge in [0.05, 0.1) is 0 Å². The number of allylic oxidation sites excluding steroid dienone is 2. The minimum absolute atomic E-state index is 0.367. The summed E-state index contributed by atoms with van der Waals surface area (Å²) in [6, 6.07) is 0. The van der Waals surface area contributed by atoms with Crippen LogP contribution in [0.4, 0.5) is 0 Å². The molecule has 0 bridgehead atoms. The predicted molar refractivity (Wildman–Crippen MR) is 81.9 cm³/mol. The molecular formula is C17H34O. The molecule has 0 rings (SSSR count). The molecule has 0 saturated heterocycles. The first-order chi connectivity index (χ1) is 8.91. The lowest BCUT2D eigenvalue weighted by molar-refractivity contribution is 0.282. The van der Waals surface area contributed by atoms with E-state index >= 15 is 0 Å². The molecule has 0 aromatic rings. The summed E-state index contributed by atoms with van der Waals surface area (Å²) in [5, 5.41) is 8.65. The van der Waals surface area contributed by atoms with E-state index in [0.717, 1.165) is 6.42 Å². The molecular weight excluding hydrogens is 220 g/mol. The maximum atomic E-state index is 8.65. The maximum absolute atomic E-state index is 8.65. The van der Waals surface area contributed by atoms with Crippen LogP contribution in [-0.2, 0) is 0 Å². The van der Waals surface area contributed by atoms with Crippen LogP contribution in [-0.4, -0.2) is 11.7 Å². The molecule has 0 spiro atoms. The average Bonchev–Trinajstić information content (AvgIpc) is 2.39. The van der Waals surface area contributed by atoms with E-state index in [2.05, 4.69) is 19.1 Å². The summed E-state index contributed by atoms with van der Waals surface area (Å²) in [6.07, 6.45) is 21.7. The Kier molecular flexibility index (Phi) is 16.4. The molecule has 0 atom stereocenters. The summed E-state index contributed by atoms with van der Waals surface area (Å²) in [4.78, 5) is 0. The molecule has 0 aliphatic heterocycles. The normalized spacial score (nSPS) is 11.4. The van der Waals surface area contributed by atoms with Gasteiger partial charge in [0, 0.05) is 6.61 Å². The van der Waals surface area contributed by atoms with Crippen molar-refractivity contribution in [2.45, 2.75) is 90.4 Å². The Bertz CT molecular complexity index is 163. The number of hydrogen-bond acceptors (Lipinski definition) is 1. The fraction of sp³-hybridized carbons (Fsp3) is 0.882. The smallest absolute Gasteiger partial charge is 0.0431 e. The van der Waals surface area contributed by atoms with Crippen LogP contribution in [0.25, 0.3) is 0 Å². The molecule has 0 radical (unpaired) electrons. The number of hydrogen-bond donors (Lipinski definition) is 1. The number of aliphatic hydroxyl groups is 1. The Balaban J connectivity index is 2.96. The van der Waals surface area contributed by atoms with Gasteiger partial charge in [-0.15, -0.1) is 0 Å². The van der Waals surface area contributed by atoms with Gasteiger partial charge < -0.3 is 5.11 Å². The Hall–Kier alpha value is -0.300. The molecule has 1 N–H and O–H groups in total. The third-order valence-electron chi connectivity index (χ3n) is 3.42. The van der Waals surface area contributed by atoms with Crippen molar-refractivity contribution in [3.63, 3.8) is 0 Å². The number of rotatable bonds is 14. The molecule has 0 heterocycles. The quantitative estimate of drug-likeness (QED) is 0.315. The van der Waals surface area contributed by atoms with Crippen molar-refractivity contribution in [2.75, 3.05) is 6.61 Å². The first-order valence-corrected chi connectivity index (χ1v) is 8.17. The SMILES string of the molecule is CCCCC=CCCCCCCCCCCCO. The van der Waals surface area contributed by atoms with Crippen LogP contribution in [0.15, 0.2) is 12.2 Å². The second kappa shape index (κ2) is 16.7. The molecule has 0 aromatic carbocycles. The van der Waals surface area contributed by atoms with Crippen molar-refractivity contribution in [1.29, 1.82) is 0 Å². The van der Waals surface area contributed by atoms with Crippen LogP contribution in [0.5, 0.6) is 0 Å². The summed E-state index contributed by atoms with van der Waals surface area (Å²) in [5.41, 5.74) is 0. The van der Waals surface area contributed by atoms with Crippen LogP contribution >= 0.6 is 0 Å². The number of aliphatic hydroxyl groups excluding tert-OH is 1. The third kappa shape index (κ3) is 15.7. The van der Waals surface area contributed by atoms with E-state index in [-0.39, 0.29) is 0 Å². The zero-order chi connectivity index (χ0) is 13.3. The molecule has 0 aliphatic carbocycles. The topological polar surface area (TPSA) is 20.2 Å². The zero-order valence-electron chi connectivity index (χ0n) is 12.5. The minimum Gasteiger partial charge on any atom is -0.396 e. The molecule has 0 aliphatic rings. The third-order valence-corrected chi connectivity index (χ3v) is 3.42. The summed E-state index contributed by atoms with van der Waals surface area (Å²) in [7, 11) is 0. The van der Waals surface area contributed by atoms with Crippen LogP contribution < -0.4 is 0 Å². The monoisotopic (exact) mass is 254 g/mol. The molecule has 0 amide bonds. The van der Waals surface area contributed by atoms with Crippen LogP contribution in [0.3, 0.4) is 0 Å². The Morgan fingerprint density at radius 1 is 0.611 bits per heavy atom. The number of unbranched alkanes of at least 4 members (excludes halogenated alkanes) is 11. The lowest BCUT2D eigenvalue weighted by Crippen LogP contribution is -1.84. The van der Waals surface area contributed by atoms with Crippen molar-refractivity contribution in [3.05, 3.63) is 12.2 Å². The molecule has 1 heteroatoms. The first-order valence-electron chi connectivity index (χ1n) is 8.17. The highest BCUT2D eigenvalue weighted by molar-refractivity contribution is 4.81. The van der Waals surface area contributed by atoms with E-state index in [1.165, 1.54) is 77.0 Å². The van der Waals surface area contributed by atoms with Gasteiger partial charge in [-0.3, -0.25) is 0 Å². The molecule has 0 aromatic heterocycles. The summed E-state index contributed by atoms with van der Waals surface area (Å²) < 4.78 is 0. The highest BCUT2D eigenvalue weighted by Crippen LogP contribution is 2.10. The molecule has 1 nitrogen and oxygen atoms in total. The van der Waals surface area contributed by atoms with Crippen molar-refractivity contribution < 1.29 is 5.11 Å². The van der Waals surface area contributed by atoms with Crippen LogP contribution in [0.2, 0.25) is 0 Å². The fourth-order valence-corrected chi connectivity index (χ4v) is 2.17. The van der Waals surface area contributed by atoms with Gasteiger partial charge in [-0.2, -0.15) is 0 Å². The first kappa shape index (κ1) is 17.7. The zero-order valence-corrected chi connectivity index (χ0v) is 12.5. The van der Waals surface area contributed by atoms with Crippen molar-refractivity contribution in [1.82, 2.24) is 0 Å². The summed E-state index contributed by atoms with van der Waals surface area (Å²) in [6.45, 7) is 2.61. The standard InChI is InChI=1S/C17H34O/c1-2-3-4-5-6-7-8-9-10-11-12-13-14-15-16-17-18/h5-6,18H,2-4,7-17H2,1H3. The van der Waals surface area contributed by atoms with E-state index in [9.17, 15) is 0 Å². The Morgan fingerprint density at radius 3 is 1.56 bits per heavy atom. The highest BCUT2D eigenvalue weighted by Gasteiger charge is 1.91. The Labute approximate surface area is 115 Å². The van der Waals surface area contributed by atoms with Crippen LogP contribution in [0.1, 0.15) is 90.4 Å². The van der Waals surface area contributed by atoms with Gasteiger partial charge in [0.1, 0.15) is 0 Å². The van der Waals surface area contributed by atoms with Gasteiger partial charge >= 0.3 is 0 Å². The maximum Gasteiger partial charge on any atom is 0.0431 e. The second-order valence-electron chi connectivity index (χ2n) is 5.31. The largest absolute Gasteiger partial charge is 0.396 e. The van der Waals surface area contributed by atoms with Gasteiger partial charge in [0.25, 0.3) is 0 Å². The van der Waals surface area contributed by atoms with E-state index in [1.54, 1.807) is 0 Å². The van der Waals surface area contributed by atoms with Crippen LogP contribution in [0, 0.1) is 0 Å². The average molecular weight is 254 g/mol. The minimum atomic E-state index is 0.367. The molecule has 0 unspecified atom stereocenters. The van der Waals surface area contributed by atoms with Gasteiger partial charge in [-0.1, -0.05) is 76.9 Å². The summed E-state index contributed by atoms with van der Waals surface area (Å²) in [5.74, 6) is 0. The Morgan fingerprint density at radius 2 is 1.06 bits per heavy atom. The molecule has 18 heavy (non-hydrogen) atoms. The molecule has 108 valence electrons. The summed E-state index contributed by atoms with van der Waals surface area (Å²) >= 11 is 0. The van der Waals surface area contributed by atoms with Crippen molar-refractivity contribution >= 4 is 0 Å². The van der Waals surface area contributed by atoms with E-state index < -0.39 is 0 Å². The van der Waals surface area contributed by atoms with E-state index in [0.29, 0.717) is 6.61 Å². The van der Waals surface area contributed by atoms with Gasteiger partial charge in [0.2, 0.25) is 0 Å². The molecule has 0 fully saturated rings. The van der Waals surface area contributed by atoms with E-state index in [1.807, 2.05) is 0 Å². The van der Waals surface area contributed by atoms with Gasteiger partial charge in [0.15, 0.2) is 0 Å². The van der Waals surface area contributed by atoms with E-state index in [4.69, 9.17) is 5.11 Å². The van der Waals surface area contributed by atoms with Gasteiger partial charge in [-0.05, 0) is 25.7 Å².